The minimum absolute atomic E-state index is 0.456. The molecule has 0 fully saturated rings. The third-order valence-electron chi connectivity index (χ3n) is 2.05. The van der Waals surface area contributed by atoms with E-state index < -0.39 is 5.97 Å². The van der Waals surface area contributed by atoms with Gasteiger partial charge in [-0.1, -0.05) is 6.58 Å². The fraction of sp³-hybridized carbons (Fsp3) is 0.0833. The number of esters is 1. The molecular formula is C12H10O3. The fourth-order valence-electron chi connectivity index (χ4n) is 1.35. The summed E-state index contributed by atoms with van der Waals surface area (Å²) in [5, 5.41) is 0. The van der Waals surface area contributed by atoms with Crippen LogP contribution in [0.2, 0.25) is 0 Å². The molecule has 0 N–H and O–H groups in total. The Bertz CT molecular complexity index is 432. The quantitative estimate of drug-likeness (QED) is 0.419. The van der Waals surface area contributed by atoms with Gasteiger partial charge in [0.1, 0.15) is 11.5 Å². The van der Waals surface area contributed by atoms with Gasteiger partial charge >= 0.3 is 5.97 Å². The summed E-state index contributed by atoms with van der Waals surface area (Å²) in [6.45, 7) is 3.33. The molecule has 3 heteroatoms. The second-order valence-electron chi connectivity index (χ2n) is 3.09. The van der Waals surface area contributed by atoms with E-state index in [1.165, 1.54) is 0 Å². The van der Waals surface area contributed by atoms with Crippen LogP contribution in [0.3, 0.4) is 0 Å². The van der Waals surface area contributed by atoms with Crippen LogP contribution < -0.4 is 9.47 Å². The summed E-state index contributed by atoms with van der Waals surface area (Å²) < 4.78 is 10.3. The molecule has 1 aliphatic rings. The molecule has 0 radical (unpaired) electrons. The third kappa shape index (κ3) is 2.07. The monoisotopic (exact) mass is 202 g/mol. The molecule has 76 valence electrons. The smallest absolute Gasteiger partial charge is 0.335 e. The zero-order valence-electron chi connectivity index (χ0n) is 8.10. The molecule has 0 atom stereocenters. The number of carbonyl (C=O) groups is 1. The molecule has 0 saturated heterocycles. The number of hydrogen-bond acceptors (Lipinski definition) is 3. The largest absolute Gasteiger partial charge is 0.465 e. The Morgan fingerprint density at radius 1 is 1.53 bits per heavy atom. The minimum atomic E-state index is -0.456. The Balaban J connectivity index is 2.22. The van der Waals surface area contributed by atoms with Crippen molar-refractivity contribution in [2.24, 2.45) is 0 Å². The Kier molecular flexibility index (Phi) is 2.54. The van der Waals surface area contributed by atoms with E-state index in [2.05, 4.69) is 6.58 Å². The Morgan fingerprint density at radius 2 is 2.40 bits per heavy atom. The highest BCUT2D eigenvalue weighted by molar-refractivity contribution is 5.83. The van der Waals surface area contributed by atoms with E-state index in [-0.39, 0.29) is 0 Å². The lowest BCUT2D eigenvalue weighted by molar-refractivity contribution is -0.128. The maximum Gasteiger partial charge on any atom is 0.335 e. The summed E-state index contributed by atoms with van der Waals surface area (Å²) in [4.78, 5) is 11.0. The summed E-state index contributed by atoms with van der Waals surface area (Å²) in [6.07, 6.45) is 5.48. The van der Waals surface area contributed by atoms with Crippen LogP contribution in [0.5, 0.6) is 11.5 Å². The SMILES string of the molecule is C=CC(=O)Oc1ccc2c(c1)CC=CO2. The molecule has 0 aliphatic carbocycles. The van der Waals surface area contributed by atoms with E-state index in [1.807, 2.05) is 6.08 Å². The molecule has 1 aromatic carbocycles. The van der Waals surface area contributed by atoms with E-state index in [9.17, 15) is 4.79 Å². The zero-order chi connectivity index (χ0) is 10.7. The summed E-state index contributed by atoms with van der Waals surface area (Å²) >= 11 is 0. The number of allylic oxidation sites excluding steroid dienone is 1. The maximum atomic E-state index is 11.0. The average Bonchev–Trinajstić information content (AvgIpc) is 2.29. The molecule has 1 aromatic rings. The number of benzene rings is 1. The number of hydrogen-bond donors (Lipinski definition) is 0. The van der Waals surface area contributed by atoms with Gasteiger partial charge in [-0.3, -0.25) is 0 Å². The van der Waals surface area contributed by atoms with Crippen molar-refractivity contribution in [2.75, 3.05) is 0 Å². The Hall–Kier alpha value is -2.03. The van der Waals surface area contributed by atoms with Crippen molar-refractivity contribution in [1.29, 1.82) is 0 Å². The highest BCUT2D eigenvalue weighted by Gasteiger charge is 2.08. The van der Waals surface area contributed by atoms with Crippen LogP contribution in [0.25, 0.3) is 0 Å². The molecule has 2 rings (SSSR count). The van der Waals surface area contributed by atoms with Gasteiger partial charge in [-0.15, -0.1) is 0 Å². The van der Waals surface area contributed by atoms with Crippen molar-refractivity contribution < 1.29 is 14.3 Å². The maximum absolute atomic E-state index is 11.0. The van der Waals surface area contributed by atoms with Crippen molar-refractivity contribution in [2.45, 2.75) is 6.42 Å². The molecule has 0 amide bonds. The Morgan fingerprint density at radius 3 is 3.20 bits per heavy atom. The molecule has 0 aromatic heterocycles. The van der Waals surface area contributed by atoms with Crippen LogP contribution in [0.15, 0.2) is 43.2 Å². The highest BCUT2D eigenvalue weighted by atomic mass is 16.5. The predicted molar refractivity (Wildman–Crippen MR) is 55.7 cm³/mol. The predicted octanol–water partition coefficient (Wildman–Crippen LogP) is 2.23. The molecule has 15 heavy (non-hydrogen) atoms. The van der Waals surface area contributed by atoms with Crippen LogP contribution >= 0.6 is 0 Å². The van der Waals surface area contributed by atoms with Gasteiger partial charge in [0.25, 0.3) is 0 Å². The van der Waals surface area contributed by atoms with Crippen LogP contribution in [-0.2, 0) is 11.2 Å². The van der Waals surface area contributed by atoms with E-state index in [0.29, 0.717) is 5.75 Å². The molecule has 0 unspecified atom stereocenters. The van der Waals surface area contributed by atoms with E-state index in [0.717, 1.165) is 23.8 Å². The lowest BCUT2D eigenvalue weighted by atomic mass is 10.1. The van der Waals surface area contributed by atoms with Crippen molar-refractivity contribution in [3.05, 3.63) is 48.8 Å². The van der Waals surface area contributed by atoms with E-state index in [4.69, 9.17) is 9.47 Å². The summed E-state index contributed by atoms with van der Waals surface area (Å²) in [6, 6.07) is 5.27. The topological polar surface area (TPSA) is 35.5 Å². The lowest BCUT2D eigenvalue weighted by Crippen LogP contribution is -2.04. The van der Waals surface area contributed by atoms with Crippen molar-refractivity contribution >= 4 is 5.97 Å². The third-order valence-corrected chi connectivity index (χ3v) is 2.05. The van der Waals surface area contributed by atoms with Gasteiger partial charge in [0, 0.05) is 11.6 Å². The minimum Gasteiger partial charge on any atom is -0.465 e. The average molecular weight is 202 g/mol. The number of rotatable bonds is 2. The summed E-state index contributed by atoms with van der Waals surface area (Å²) in [5.74, 6) is 0.857. The van der Waals surface area contributed by atoms with Crippen molar-refractivity contribution in [3.63, 3.8) is 0 Å². The normalized spacial score (nSPS) is 12.5. The van der Waals surface area contributed by atoms with Crippen LogP contribution in [-0.4, -0.2) is 5.97 Å². The van der Waals surface area contributed by atoms with Crippen molar-refractivity contribution in [1.82, 2.24) is 0 Å². The fourth-order valence-corrected chi connectivity index (χ4v) is 1.35. The molecule has 3 nitrogen and oxygen atoms in total. The second kappa shape index (κ2) is 4.00. The molecule has 1 aliphatic heterocycles. The zero-order valence-corrected chi connectivity index (χ0v) is 8.10. The van der Waals surface area contributed by atoms with Gasteiger partial charge in [0.05, 0.1) is 6.26 Å². The molecule has 1 heterocycles. The first-order valence-corrected chi connectivity index (χ1v) is 4.58. The van der Waals surface area contributed by atoms with Gasteiger partial charge < -0.3 is 9.47 Å². The van der Waals surface area contributed by atoms with Crippen LogP contribution in [0, 0.1) is 0 Å². The molecular weight excluding hydrogens is 192 g/mol. The lowest BCUT2D eigenvalue weighted by Gasteiger charge is -2.12. The van der Waals surface area contributed by atoms with Gasteiger partial charge in [-0.2, -0.15) is 0 Å². The first kappa shape index (κ1) is 9.52. The van der Waals surface area contributed by atoms with E-state index in [1.54, 1.807) is 24.5 Å². The molecule has 0 spiro atoms. The first-order valence-electron chi connectivity index (χ1n) is 4.58. The number of fused-ring (bicyclic) bond motifs is 1. The number of ether oxygens (including phenoxy) is 2. The second-order valence-corrected chi connectivity index (χ2v) is 3.09. The van der Waals surface area contributed by atoms with Crippen LogP contribution in [0.1, 0.15) is 5.56 Å². The number of carbonyl (C=O) groups excluding carboxylic acids is 1. The van der Waals surface area contributed by atoms with Gasteiger partial charge in [0.15, 0.2) is 0 Å². The van der Waals surface area contributed by atoms with Gasteiger partial charge in [-0.25, -0.2) is 4.79 Å². The standard InChI is InChI=1S/C12H10O3/c1-2-12(13)15-10-5-6-11-9(8-10)4-3-7-14-11/h2-3,5-8H,1,4H2. The first-order chi connectivity index (χ1) is 7.29. The van der Waals surface area contributed by atoms with Gasteiger partial charge in [-0.05, 0) is 30.7 Å². The van der Waals surface area contributed by atoms with Crippen LogP contribution in [0.4, 0.5) is 0 Å². The summed E-state index contributed by atoms with van der Waals surface area (Å²) in [7, 11) is 0. The van der Waals surface area contributed by atoms with Crippen molar-refractivity contribution in [3.8, 4) is 11.5 Å². The summed E-state index contributed by atoms with van der Waals surface area (Å²) in [5.41, 5.74) is 1.01. The highest BCUT2D eigenvalue weighted by Crippen LogP contribution is 2.27. The molecule has 0 bridgehead atoms. The molecule has 0 saturated carbocycles. The Labute approximate surface area is 87.6 Å². The van der Waals surface area contributed by atoms with E-state index >= 15 is 0 Å². The van der Waals surface area contributed by atoms with Gasteiger partial charge in [0.2, 0.25) is 0 Å².